The Bertz CT molecular complexity index is 1090. The number of aromatic nitrogens is 1. The third-order valence-electron chi connectivity index (χ3n) is 6.34. The number of ether oxygens (including phenoxy) is 3. The summed E-state index contributed by atoms with van der Waals surface area (Å²) in [6, 6.07) is 7.02. The van der Waals surface area contributed by atoms with Crippen molar-refractivity contribution in [1.82, 2.24) is 19.5 Å². The van der Waals surface area contributed by atoms with E-state index in [9.17, 15) is 13.2 Å². The van der Waals surface area contributed by atoms with Crippen molar-refractivity contribution in [3.63, 3.8) is 0 Å². The zero-order valence-corrected chi connectivity index (χ0v) is 20.4. The van der Waals surface area contributed by atoms with Crippen LogP contribution in [0.5, 0.6) is 11.5 Å². The molecule has 2 aliphatic heterocycles. The smallest absolute Gasteiger partial charge is 0.267 e. The predicted molar refractivity (Wildman–Crippen MR) is 126 cm³/mol. The molecular weight excluding hydrogens is 460 g/mol. The van der Waals surface area contributed by atoms with E-state index in [0.717, 1.165) is 31.5 Å². The molecular formula is C23H32N4O6S. The van der Waals surface area contributed by atoms with Gasteiger partial charge in [-0.3, -0.25) is 9.69 Å². The molecule has 2 aliphatic rings. The van der Waals surface area contributed by atoms with Crippen LogP contribution in [0.2, 0.25) is 0 Å². The molecule has 0 saturated carbocycles. The summed E-state index contributed by atoms with van der Waals surface area (Å²) in [4.78, 5) is 18.1. The second-order valence-electron chi connectivity index (χ2n) is 8.35. The molecule has 3 heterocycles. The fourth-order valence-corrected chi connectivity index (χ4v) is 5.94. The van der Waals surface area contributed by atoms with Gasteiger partial charge < -0.3 is 24.5 Å². The normalized spacial score (nSPS) is 18.5. The number of sulfonamides is 1. The van der Waals surface area contributed by atoms with Gasteiger partial charge >= 0.3 is 0 Å². The number of hydrogen-bond acceptors (Lipinski definition) is 7. The minimum atomic E-state index is -3.58. The van der Waals surface area contributed by atoms with Gasteiger partial charge in [0.2, 0.25) is 10.0 Å². The molecule has 2 aromatic rings. The van der Waals surface area contributed by atoms with Crippen LogP contribution in [-0.2, 0) is 14.8 Å². The first kappa shape index (κ1) is 24.5. The second kappa shape index (κ2) is 10.8. The Hall–Kier alpha value is -2.60. The van der Waals surface area contributed by atoms with E-state index < -0.39 is 10.0 Å². The summed E-state index contributed by atoms with van der Waals surface area (Å²) in [6.07, 6.45) is 3.10. The molecule has 186 valence electrons. The topological polar surface area (TPSA) is 113 Å². The van der Waals surface area contributed by atoms with Crippen LogP contribution in [0.4, 0.5) is 0 Å². The summed E-state index contributed by atoms with van der Waals surface area (Å²) in [6.45, 7) is 4.06. The van der Waals surface area contributed by atoms with E-state index in [4.69, 9.17) is 14.2 Å². The van der Waals surface area contributed by atoms with E-state index in [1.54, 1.807) is 14.2 Å². The van der Waals surface area contributed by atoms with Crippen molar-refractivity contribution in [3.8, 4) is 11.5 Å². The van der Waals surface area contributed by atoms with E-state index >= 15 is 0 Å². The zero-order valence-electron chi connectivity index (χ0n) is 19.6. The van der Waals surface area contributed by atoms with Crippen LogP contribution >= 0.6 is 0 Å². The molecule has 1 amide bonds. The maximum atomic E-state index is 12.9. The fourth-order valence-electron chi connectivity index (χ4n) is 4.42. The molecule has 0 bridgehead atoms. The summed E-state index contributed by atoms with van der Waals surface area (Å²) >= 11 is 0. The molecule has 0 spiro atoms. The molecule has 0 radical (unpaired) electrons. The maximum absolute atomic E-state index is 12.9. The van der Waals surface area contributed by atoms with Gasteiger partial charge in [-0.1, -0.05) is 6.07 Å². The number of amides is 1. The van der Waals surface area contributed by atoms with Crippen LogP contribution in [0.1, 0.15) is 34.9 Å². The number of nitrogens with zero attached hydrogens (tertiary/aromatic N) is 2. The highest BCUT2D eigenvalue weighted by molar-refractivity contribution is 7.89. The van der Waals surface area contributed by atoms with Crippen molar-refractivity contribution in [2.75, 3.05) is 60.2 Å². The molecule has 1 aromatic heterocycles. The van der Waals surface area contributed by atoms with Crippen LogP contribution < -0.4 is 14.8 Å². The number of benzene rings is 1. The first-order valence-corrected chi connectivity index (χ1v) is 12.9. The number of rotatable bonds is 9. The number of morpholine rings is 1. The SMILES string of the molecule is COc1ccc([C@H](CNC(=O)c2cc(S(=O)(=O)N3CCCC3)c[nH]2)N2CCOCC2)cc1OC. The monoisotopic (exact) mass is 492 g/mol. The van der Waals surface area contributed by atoms with Gasteiger partial charge in [0.15, 0.2) is 11.5 Å². The molecule has 1 aromatic carbocycles. The number of aromatic amines is 1. The highest BCUT2D eigenvalue weighted by Gasteiger charge is 2.29. The van der Waals surface area contributed by atoms with Gasteiger partial charge in [0.1, 0.15) is 10.6 Å². The Morgan fingerprint density at radius 2 is 1.79 bits per heavy atom. The van der Waals surface area contributed by atoms with Gasteiger partial charge in [-0.15, -0.1) is 0 Å². The number of carbonyl (C=O) groups is 1. The average Bonchev–Trinajstić information content (AvgIpc) is 3.58. The van der Waals surface area contributed by atoms with Crippen molar-refractivity contribution in [1.29, 1.82) is 0 Å². The maximum Gasteiger partial charge on any atom is 0.267 e. The summed E-state index contributed by atoms with van der Waals surface area (Å²) < 4.78 is 43.3. The Kier molecular flexibility index (Phi) is 7.77. The van der Waals surface area contributed by atoms with Crippen molar-refractivity contribution in [2.24, 2.45) is 0 Å². The molecule has 2 N–H and O–H groups in total. The van der Waals surface area contributed by atoms with Crippen LogP contribution in [-0.4, -0.2) is 88.7 Å². The van der Waals surface area contributed by atoms with Crippen molar-refractivity contribution >= 4 is 15.9 Å². The molecule has 4 rings (SSSR count). The molecule has 2 saturated heterocycles. The number of carbonyl (C=O) groups excluding carboxylic acids is 1. The Balaban J connectivity index is 1.49. The summed E-state index contributed by atoms with van der Waals surface area (Å²) in [5, 5.41) is 2.96. The largest absolute Gasteiger partial charge is 0.493 e. The van der Waals surface area contributed by atoms with E-state index in [1.165, 1.54) is 16.6 Å². The second-order valence-corrected chi connectivity index (χ2v) is 10.3. The van der Waals surface area contributed by atoms with E-state index in [-0.39, 0.29) is 22.5 Å². The van der Waals surface area contributed by atoms with Gasteiger partial charge in [0.05, 0.1) is 33.5 Å². The third kappa shape index (κ3) is 5.22. The van der Waals surface area contributed by atoms with Crippen LogP contribution in [0.25, 0.3) is 0 Å². The Morgan fingerprint density at radius 3 is 2.47 bits per heavy atom. The van der Waals surface area contributed by atoms with Gasteiger partial charge in [-0.25, -0.2) is 8.42 Å². The Labute approximate surface area is 200 Å². The molecule has 10 nitrogen and oxygen atoms in total. The van der Waals surface area contributed by atoms with Gasteiger partial charge in [-0.05, 0) is 36.6 Å². The minimum absolute atomic E-state index is 0.115. The first-order valence-electron chi connectivity index (χ1n) is 11.4. The number of hydrogen-bond donors (Lipinski definition) is 2. The number of nitrogens with one attached hydrogen (secondary N) is 2. The minimum Gasteiger partial charge on any atom is -0.493 e. The van der Waals surface area contributed by atoms with Crippen molar-refractivity contribution in [2.45, 2.75) is 23.8 Å². The average molecular weight is 493 g/mol. The lowest BCUT2D eigenvalue weighted by Gasteiger charge is -2.35. The van der Waals surface area contributed by atoms with Crippen LogP contribution in [0.15, 0.2) is 35.4 Å². The number of H-pyrrole nitrogens is 1. The lowest BCUT2D eigenvalue weighted by Crippen LogP contribution is -2.43. The molecule has 1 atom stereocenters. The van der Waals surface area contributed by atoms with Gasteiger partial charge in [-0.2, -0.15) is 4.31 Å². The first-order chi connectivity index (χ1) is 16.4. The van der Waals surface area contributed by atoms with Crippen molar-refractivity contribution in [3.05, 3.63) is 41.7 Å². The highest BCUT2D eigenvalue weighted by atomic mass is 32.2. The zero-order chi connectivity index (χ0) is 24.1. The quantitative estimate of drug-likeness (QED) is 0.547. The lowest BCUT2D eigenvalue weighted by atomic mass is 10.0. The molecule has 0 unspecified atom stereocenters. The Morgan fingerprint density at radius 1 is 1.09 bits per heavy atom. The molecule has 0 aliphatic carbocycles. The standard InChI is InChI=1S/C23H32N4O6S/c1-31-21-6-5-17(13-22(21)32-2)20(26-9-11-33-12-10-26)16-25-23(28)19-14-18(15-24-19)34(29,30)27-7-3-4-8-27/h5-6,13-15,20,24H,3-4,7-12,16H2,1-2H3,(H,25,28)/t20-/m0/s1. The van der Waals surface area contributed by atoms with Gasteiger partial charge in [0.25, 0.3) is 5.91 Å². The molecule has 11 heteroatoms. The predicted octanol–water partition coefficient (Wildman–Crippen LogP) is 1.62. The van der Waals surface area contributed by atoms with E-state index in [0.29, 0.717) is 44.3 Å². The van der Waals surface area contributed by atoms with E-state index in [1.807, 2.05) is 18.2 Å². The summed E-state index contributed by atoms with van der Waals surface area (Å²) in [5.41, 5.74) is 1.19. The van der Waals surface area contributed by atoms with E-state index in [2.05, 4.69) is 15.2 Å². The third-order valence-corrected chi connectivity index (χ3v) is 8.22. The molecule has 34 heavy (non-hydrogen) atoms. The summed E-state index contributed by atoms with van der Waals surface area (Å²) in [7, 11) is -0.404. The van der Waals surface area contributed by atoms with Crippen LogP contribution in [0, 0.1) is 0 Å². The number of methoxy groups -OCH3 is 2. The van der Waals surface area contributed by atoms with Crippen LogP contribution in [0.3, 0.4) is 0 Å². The molecule has 2 fully saturated rings. The highest BCUT2D eigenvalue weighted by Crippen LogP contribution is 2.32. The van der Waals surface area contributed by atoms with Gasteiger partial charge in [0, 0.05) is 38.9 Å². The summed E-state index contributed by atoms with van der Waals surface area (Å²) in [5.74, 6) is 0.890. The van der Waals surface area contributed by atoms with Crippen molar-refractivity contribution < 1.29 is 27.4 Å². The fraction of sp³-hybridized carbons (Fsp3) is 0.522. The lowest BCUT2D eigenvalue weighted by molar-refractivity contribution is 0.0161.